The van der Waals surface area contributed by atoms with Crippen LogP contribution in [0.1, 0.15) is 0 Å². The molecule has 0 saturated carbocycles. The van der Waals surface area contributed by atoms with Crippen LogP contribution in [0.4, 0.5) is 0 Å². The van der Waals surface area contributed by atoms with Crippen molar-refractivity contribution in [1.29, 1.82) is 0 Å². The molecule has 0 aliphatic carbocycles. The van der Waals surface area contributed by atoms with Crippen LogP contribution in [-0.2, 0) is 0 Å². The SMILES string of the molecule is c1ccc([Si](c2ccccc2)(c2ccccc2)c2ccc3c(c2)c2ccccc2n3-c2ccc3c(c2)c2ccccc2n3-c2ccccc2[Si](c2ccccc2)(c2ccccc2)c2ccccc2)cc1. The van der Waals surface area contributed by atoms with Gasteiger partial charge in [0.15, 0.2) is 16.1 Å². The molecule has 2 nitrogen and oxygen atoms in total. The first-order valence-corrected chi connectivity index (χ1v) is 28.3. The second-order valence-corrected chi connectivity index (χ2v) is 25.9. The van der Waals surface area contributed by atoms with E-state index in [1.165, 1.54) is 90.8 Å². The second-order valence-electron chi connectivity index (χ2n) is 18.4. The van der Waals surface area contributed by atoms with Crippen LogP contribution in [0.2, 0.25) is 0 Å². The molecule has 0 bridgehead atoms. The normalized spacial score (nSPS) is 12.0. The fraction of sp³-hybridized carbons (Fsp3) is 0. The Morgan fingerprint density at radius 1 is 0.214 bits per heavy atom. The Bertz CT molecular complexity index is 3790. The second kappa shape index (κ2) is 17.2. The zero-order valence-corrected chi connectivity index (χ0v) is 40.6. The quantitative estimate of drug-likeness (QED) is 0.0956. The summed E-state index contributed by atoms with van der Waals surface area (Å²) in [5.74, 6) is 0. The summed E-state index contributed by atoms with van der Waals surface area (Å²) < 4.78 is 5.03. The van der Waals surface area contributed by atoms with Crippen LogP contribution in [0, 0.1) is 0 Å². The van der Waals surface area contributed by atoms with Crippen molar-refractivity contribution in [3.63, 3.8) is 0 Å². The number of hydrogen-bond acceptors (Lipinski definition) is 0. The van der Waals surface area contributed by atoms with Crippen LogP contribution in [0.25, 0.3) is 55.0 Å². The summed E-state index contributed by atoms with van der Waals surface area (Å²) in [5, 5.41) is 15.9. The molecule has 0 radical (unpaired) electrons. The van der Waals surface area contributed by atoms with Crippen LogP contribution in [0.15, 0.2) is 291 Å². The van der Waals surface area contributed by atoms with Gasteiger partial charge in [-0.05, 0) is 84.0 Å². The molecule has 0 amide bonds. The summed E-state index contributed by atoms with van der Waals surface area (Å²) in [4.78, 5) is 0. The lowest BCUT2D eigenvalue weighted by Gasteiger charge is -2.36. The molecule has 70 heavy (non-hydrogen) atoms. The number of benzene rings is 11. The molecule has 13 rings (SSSR count). The van der Waals surface area contributed by atoms with Crippen molar-refractivity contribution >= 4 is 101 Å². The van der Waals surface area contributed by atoms with E-state index in [9.17, 15) is 0 Å². The number of hydrogen-bond donors (Lipinski definition) is 0. The first-order valence-electron chi connectivity index (χ1n) is 24.3. The van der Waals surface area contributed by atoms with E-state index in [1.807, 2.05) is 0 Å². The minimum absolute atomic E-state index is 1.14. The maximum absolute atomic E-state index is 2.90. The highest BCUT2D eigenvalue weighted by molar-refractivity contribution is 7.20. The van der Waals surface area contributed by atoms with Crippen molar-refractivity contribution in [2.24, 2.45) is 0 Å². The van der Waals surface area contributed by atoms with Crippen molar-refractivity contribution in [3.8, 4) is 11.4 Å². The van der Waals surface area contributed by atoms with Gasteiger partial charge in [0.1, 0.15) is 0 Å². The van der Waals surface area contributed by atoms with Crippen molar-refractivity contribution in [2.45, 2.75) is 0 Å². The van der Waals surface area contributed by atoms with Crippen molar-refractivity contribution in [3.05, 3.63) is 291 Å². The molecule has 0 atom stereocenters. The van der Waals surface area contributed by atoms with Crippen molar-refractivity contribution in [1.82, 2.24) is 9.13 Å². The third-order valence-corrected chi connectivity index (χ3v) is 24.4. The summed E-state index contributed by atoms with van der Waals surface area (Å²) in [6.07, 6.45) is 0. The van der Waals surface area contributed by atoms with Crippen LogP contribution in [-0.4, -0.2) is 25.3 Å². The number of para-hydroxylation sites is 3. The fourth-order valence-corrected chi connectivity index (χ4v) is 21.6. The molecular formula is C66H48N2Si2. The third-order valence-electron chi connectivity index (χ3n) is 14.8. The van der Waals surface area contributed by atoms with Gasteiger partial charge in [0.05, 0.1) is 22.1 Å². The zero-order valence-electron chi connectivity index (χ0n) is 38.6. The molecule has 0 spiro atoms. The van der Waals surface area contributed by atoms with E-state index in [4.69, 9.17) is 0 Å². The lowest BCUT2D eigenvalue weighted by atomic mass is 10.1. The Labute approximate surface area is 410 Å². The summed E-state index contributed by atoms with van der Waals surface area (Å²) >= 11 is 0. The summed E-state index contributed by atoms with van der Waals surface area (Å²) in [5.41, 5.74) is 7.11. The lowest BCUT2D eigenvalue weighted by molar-refractivity contribution is 1.17. The van der Waals surface area contributed by atoms with Gasteiger partial charge in [-0.25, -0.2) is 0 Å². The Balaban J connectivity index is 1.05. The van der Waals surface area contributed by atoms with Crippen molar-refractivity contribution < 1.29 is 0 Å². The first-order chi connectivity index (χ1) is 34.8. The average molecular weight is 925 g/mol. The predicted molar refractivity (Wildman–Crippen MR) is 302 cm³/mol. The van der Waals surface area contributed by atoms with E-state index in [1.54, 1.807) is 0 Å². The van der Waals surface area contributed by atoms with Gasteiger partial charge in [-0.1, -0.05) is 249 Å². The Kier molecular flexibility index (Phi) is 10.2. The maximum Gasteiger partial charge on any atom is 0.181 e. The molecular weight excluding hydrogens is 877 g/mol. The molecule has 11 aromatic carbocycles. The monoisotopic (exact) mass is 924 g/mol. The lowest BCUT2D eigenvalue weighted by Crippen LogP contribution is -2.75. The molecule has 2 heterocycles. The van der Waals surface area contributed by atoms with E-state index >= 15 is 0 Å². The van der Waals surface area contributed by atoms with Gasteiger partial charge in [0.25, 0.3) is 0 Å². The van der Waals surface area contributed by atoms with Gasteiger partial charge in [-0.2, -0.15) is 0 Å². The Morgan fingerprint density at radius 2 is 0.557 bits per heavy atom. The van der Waals surface area contributed by atoms with E-state index in [0.29, 0.717) is 0 Å². The van der Waals surface area contributed by atoms with E-state index in [2.05, 4.69) is 300 Å². The van der Waals surface area contributed by atoms with Crippen LogP contribution >= 0.6 is 0 Å². The Hall–Kier alpha value is -8.55. The molecule has 2 aromatic heterocycles. The topological polar surface area (TPSA) is 9.86 Å². The van der Waals surface area contributed by atoms with E-state index < -0.39 is 16.1 Å². The van der Waals surface area contributed by atoms with Crippen LogP contribution in [0.3, 0.4) is 0 Å². The van der Waals surface area contributed by atoms with E-state index in [-0.39, 0.29) is 0 Å². The van der Waals surface area contributed by atoms with Gasteiger partial charge in [0.2, 0.25) is 0 Å². The fourth-order valence-electron chi connectivity index (χ4n) is 11.9. The number of nitrogens with zero attached hydrogens (tertiary/aromatic N) is 2. The smallest absolute Gasteiger partial charge is 0.181 e. The van der Waals surface area contributed by atoms with Gasteiger partial charge in [0, 0.05) is 32.9 Å². The standard InChI is InChI=1S/C66H48N2Si2/c1-7-25-50(26-8-1)69(51-27-9-2-10-28-51,52-29-11-3-12-30-52)56-44-46-63-60(48-56)58-38-19-21-39-61(58)67(63)49-43-45-64-59(47-49)57-37-20-22-40-62(57)68(64)65-41-23-24-42-66(65)70(53-31-13-4-14-32-53,54-33-15-5-16-34-54)55-35-17-6-18-36-55/h1-48H. The van der Waals surface area contributed by atoms with Gasteiger partial charge in [-0.3, -0.25) is 0 Å². The molecule has 4 heteroatoms. The zero-order chi connectivity index (χ0) is 46.5. The Morgan fingerprint density at radius 3 is 1.04 bits per heavy atom. The summed E-state index contributed by atoms with van der Waals surface area (Å²) in [6.45, 7) is 0. The first kappa shape index (κ1) is 41.6. The third kappa shape index (κ3) is 6.38. The number of aromatic nitrogens is 2. The molecule has 0 fully saturated rings. The largest absolute Gasteiger partial charge is 0.309 e. The maximum atomic E-state index is 2.54. The molecule has 330 valence electrons. The molecule has 13 aromatic rings. The van der Waals surface area contributed by atoms with Crippen LogP contribution < -0.4 is 41.5 Å². The molecule has 0 aliphatic heterocycles. The highest BCUT2D eigenvalue weighted by Crippen LogP contribution is 2.37. The number of fused-ring (bicyclic) bond motifs is 6. The molecule has 0 saturated heterocycles. The summed E-state index contributed by atoms with van der Waals surface area (Å²) in [7, 11) is -5.66. The molecule has 0 aliphatic rings. The molecule has 0 unspecified atom stereocenters. The minimum Gasteiger partial charge on any atom is -0.309 e. The van der Waals surface area contributed by atoms with Gasteiger partial charge in [-0.15, -0.1) is 0 Å². The minimum atomic E-state index is -2.90. The highest BCUT2D eigenvalue weighted by atomic mass is 28.3. The van der Waals surface area contributed by atoms with Gasteiger partial charge >= 0.3 is 0 Å². The summed E-state index contributed by atoms with van der Waals surface area (Å²) in [6, 6.07) is 109. The van der Waals surface area contributed by atoms with Crippen molar-refractivity contribution in [2.75, 3.05) is 0 Å². The van der Waals surface area contributed by atoms with Crippen LogP contribution in [0.5, 0.6) is 0 Å². The van der Waals surface area contributed by atoms with E-state index in [0.717, 1.165) is 5.69 Å². The number of rotatable bonds is 10. The average Bonchev–Trinajstić information content (AvgIpc) is 3.95. The molecule has 0 N–H and O–H groups in total. The van der Waals surface area contributed by atoms with Gasteiger partial charge < -0.3 is 9.13 Å². The highest BCUT2D eigenvalue weighted by Gasteiger charge is 2.44. The predicted octanol–water partition coefficient (Wildman–Crippen LogP) is 10.6.